The molecule has 0 unspecified atom stereocenters. The van der Waals surface area contributed by atoms with Crippen molar-refractivity contribution >= 4 is 26.8 Å². The number of amides is 1. The van der Waals surface area contributed by atoms with E-state index in [1.54, 1.807) is 22.8 Å². The molecular formula is C24H33N3O4S. The summed E-state index contributed by atoms with van der Waals surface area (Å²) in [6.45, 7) is 9.71. The van der Waals surface area contributed by atoms with Crippen molar-refractivity contribution < 1.29 is 13.2 Å². The van der Waals surface area contributed by atoms with E-state index in [0.29, 0.717) is 37.6 Å². The van der Waals surface area contributed by atoms with Crippen molar-refractivity contribution in [3.63, 3.8) is 0 Å². The minimum absolute atomic E-state index is 0.00688. The van der Waals surface area contributed by atoms with E-state index in [1.165, 1.54) is 16.6 Å². The standard InChI is InChI=1S/C24H33N3O4S/c1-4-13-26-17-21(24(29)25-12-11-18(2)3)23(28)20-16-19(9-10-22(20)26)32(30,31)27-14-7-5-6-8-15-27/h4,9-10,16-18H,1,5-8,11-15H2,2-3H3,(H,25,29). The second-order valence-corrected chi connectivity index (χ2v) is 10.7. The Morgan fingerprint density at radius 1 is 1.19 bits per heavy atom. The summed E-state index contributed by atoms with van der Waals surface area (Å²) in [4.78, 5) is 26.1. The van der Waals surface area contributed by atoms with Crippen molar-refractivity contribution in [3.8, 4) is 0 Å². The largest absolute Gasteiger partial charge is 0.352 e. The zero-order valence-electron chi connectivity index (χ0n) is 19.0. The Bertz CT molecular complexity index is 1140. The summed E-state index contributed by atoms with van der Waals surface area (Å²) in [6, 6.07) is 4.61. The Morgan fingerprint density at radius 2 is 1.88 bits per heavy atom. The lowest BCUT2D eigenvalue weighted by Crippen LogP contribution is -2.32. The minimum atomic E-state index is -3.71. The van der Waals surface area contributed by atoms with E-state index >= 15 is 0 Å². The topological polar surface area (TPSA) is 88.5 Å². The van der Waals surface area contributed by atoms with Gasteiger partial charge in [-0.15, -0.1) is 6.58 Å². The molecule has 1 aliphatic heterocycles. The van der Waals surface area contributed by atoms with Gasteiger partial charge in [-0.1, -0.05) is 32.8 Å². The molecule has 1 aromatic carbocycles. The molecule has 1 fully saturated rings. The van der Waals surface area contributed by atoms with Gasteiger partial charge >= 0.3 is 0 Å². The lowest BCUT2D eigenvalue weighted by atomic mass is 10.1. The number of nitrogens with one attached hydrogen (secondary N) is 1. The Kier molecular flexibility index (Phi) is 7.90. The summed E-state index contributed by atoms with van der Waals surface area (Å²) in [6.07, 6.45) is 7.71. The zero-order chi connectivity index (χ0) is 23.3. The normalized spacial score (nSPS) is 15.6. The van der Waals surface area contributed by atoms with E-state index in [-0.39, 0.29) is 15.8 Å². The second kappa shape index (κ2) is 10.4. The molecule has 7 nitrogen and oxygen atoms in total. The van der Waals surface area contributed by atoms with Crippen LogP contribution in [0.5, 0.6) is 0 Å². The number of hydrogen-bond donors (Lipinski definition) is 1. The van der Waals surface area contributed by atoms with Crippen LogP contribution in [0.4, 0.5) is 0 Å². The third-order valence-corrected chi connectivity index (χ3v) is 7.73. The fourth-order valence-electron chi connectivity index (χ4n) is 3.99. The van der Waals surface area contributed by atoms with Gasteiger partial charge in [0.1, 0.15) is 5.56 Å². The van der Waals surface area contributed by atoms with Crippen molar-refractivity contribution in [3.05, 3.63) is 52.8 Å². The van der Waals surface area contributed by atoms with E-state index in [1.807, 2.05) is 0 Å². The van der Waals surface area contributed by atoms with Crippen molar-refractivity contribution in [2.45, 2.75) is 57.4 Å². The molecule has 3 rings (SSSR count). The van der Waals surface area contributed by atoms with E-state index in [9.17, 15) is 18.0 Å². The Labute approximate surface area is 190 Å². The third kappa shape index (κ3) is 5.30. The summed E-state index contributed by atoms with van der Waals surface area (Å²) < 4.78 is 29.8. The smallest absolute Gasteiger partial charge is 0.256 e. The number of rotatable bonds is 8. The highest BCUT2D eigenvalue weighted by molar-refractivity contribution is 7.89. The van der Waals surface area contributed by atoms with Crippen LogP contribution in [-0.2, 0) is 16.6 Å². The molecule has 0 atom stereocenters. The molecule has 2 aromatic rings. The zero-order valence-corrected chi connectivity index (χ0v) is 19.8. The van der Waals surface area contributed by atoms with Crippen LogP contribution in [0.25, 0.3) is 10.9 Å². The Morgan fingerprint density at radius 3 is 2.50 bits per heavy atom. The van der Waals surface area contributed by atoms with Crippen molar-refractivity contribution in [1.82, 2.24) is 14.2 Å². The van der Waals surface area contributed by atoms with Gasteiger partial charge in [0.15, 0.2) is 0 Å². The summed E-state index contributed by atoms with van der Waals surface area (Å²) >= 11 is 0. The van der Waals surface area contributed by atoms with E-state index in [2.05, 4.69) is 25.7 Å². The van der Waals surface area contributed by atoms with Gasteiger partial charge in [0.05, 0.1) is 10.4 Å². The molecule has 0 saturated carbocycles. The van der Waals surface area contributed by atoms with Gasteiger partial charge in [-0.25, -0.2) is 8.42 Å². The maximum Gasteiger partial charge on any atom is 0.256 e. The Hall–Kier alpha value is -2.45. The molecule has 2 heterocycles. The number of hydrogen-bond acceptors (Lipinski definition) is 4. The number of aromatic nitrogens is 1. The predicted octanol–water partition coefficient (Wildman–Crippen LogP) is 3.53. The molecule has 1 saturated heterocycles. The molecule has 0 bridgehead atoms. The highest BCUT2D eigenvalue weighted by Gasteiger charge is 2.26. The molecule has 1 N–H and O–H groups in total. The maximum atomic E-state index is 13.3. The van der Waals surface area contributed by atoms with Crippen LogP contribution >= 0.6 is 0 Å². The summed E-state index contributed by atoms with van der Waals surface area (Å²) in [5.74, 6) is -0.0211. The number of benzene rings is 1. The number of pyridine rings is 1. The minimum Gasteiger partial charge on any atom is -0.352 e. The summed E-state index contributed by atoms with van der Waals surface area (Å²) in [7, 11) is -3.71. The third-order valence-electron chi connectivity index (χ3n) is 5.83. The van der Waals surface area contributed by atoms with Gasteiger partial charge in [-0.05, 0) is 43.4 Å². The highest BCUT2D eigenvalue weighted by atomic mass is 32.2. The van der Waals surface area contributed by atoms with Crippen LogP contribution in [0, 0.1) is 5.92 Å². The lowest BCUT2D eigenvalue weighted by Gasteiger charge is -2.20. The van der Waals surface area contributed by atoms with Crippen molar-refractivity contribution in [2.24, 2.45) is 5.92 Å². The summed E-state index contributed by atoms with van der Waals surface area (Å²) in [5.41, 5.74) is 0.117. The van der Waals surface area contributed by atoms with Crippen LogP contribution in [0.1, 0.15) is 56.3 Å². The SMILES string of the molecule is C=CCn1cc(C(=O)NCCC(C)C)c(=O)c2cc(S(=O)(=O)N3CCCCCC3)ccc21. The van der Waals surface area contributed by atoms with E-state index in [0.717, 1.165) is 32.1 Å². The van der Waals surface area contributed by atoms with Gasteiger partial charge in [-0.2, -0.15) is 4.31 Å². The van der Waals surface area contributed by atoms with Gasteiger partial charge in [0.25, 0.3) is 5.91 Å². The molecule has 0 radical (unpaired) electrons. The van der Waals surface area contributed by atoms with Gasteiger partial charge in [-0.3, -0.25) is 9.59 Å². The quantitative estimate of drug-likeness (QED) is 0.612. The number of carbonyl (C=O) groups excluding carboxylic acids is 1. The van der Waals surface area contributed by atoms with Crippen molar-refractivity contribution in [1.29, 1.82) is 0 Å². The average molecular weight is 460 g/mol. The van der Waals surface area contributed by atoms with Gasteiger partial charge in [0.2, 0.25) is 15.5 Å². The van der Waals surface area contributed by atoms with Crippen molar-refractivity contribution in [2.75, 3.05) is 19.6 Å². The molecular weight excluding hydrogens is 426 g/mol. The number of fused-ring (bicyclic) bond motifs is 1. The molecule has 0 spiro atoms. The summed E-state index contributed by atoms with van der Waals surface area (Å²) in [5, 5.41) is 3.03. The number of sulfonamides is 1. The molecule has 1 amide bonds. The predicted molar refractivity (Wildman–Crippen MR) is 127 cm³/mol. The van der Waals surface area contributed by atoms with Gasteiger partial charge < -0.3 is 9.88 Å². The van der Waals surface area contributed by atoms with Crippen LogP contribution in [0.2, 0.25) is 0 Å². The number of carbonyl (C=O) groups is 1. The molecule has 8 heteroatoms. The molecule has 174 valence electrons. The first-order valence-corrected chi connectivity index (χ1v) is 12.8. The first-order chi connectivity index (χ1) is 15.3. The first kappa shape index (κ1) is 24.2. The lowest BCUT2D eigenvalue weighted by molar-refractivity contribution is 0.0950. The number of nitrogens with zero attached hydrogens (tertiary/aromatic N) is 2. The van der Waals surface area contributed by atoms with Crippen LogP contribution in [0.3, 0.4) is 0 Å². The second-order valence-electron chi connectivity index (χ2n) is 8.75. The number of allylic oxidation sites excluding steroid dienone is 1. The van der Waals surface area contributed by atoms with E-state index in [4.69, 9.17) is 0 Å². The molecule has 0 aliphatic carbocycles. The fraction of sp³-hybridized carbons (Fsp3) is 0.500. The molecule has 1 aromatic heterocycles. The Balaban J connectivity index is 2.06. The first-order valence-electron chi connectivity index (χ1n) is 11.3. The van der Waals surface area contributed by atoms with Crippen LogP contribution in [0.15, 0.2) is 46.7 Å². The van der Waals surface area contributed by atoms with Crippen LogP contribution < -0.4 is 10.7 Å². The molecule has 32 heavy (non-hydrogen) atoms. The molecule has 1 aliphatic rings. The average Bonchev–Trinajstić information content (AvgIpc) is 3.05. The maximum absolute atomic E-state index is 13.3. The monoisotopic (exact) mass is 459 g/mol. The highest BCUT2D eigenvalue weighted by Crippen LogP contribution is 2.23. The van der Waals surface area contributed by atoms with Gasteiger partial charge in [0, 0.05) is 37.8 Å². The fourth-order valence-corrected chi connectivity index (χ4v) is 5.53. The van der Waals surface area contributed by atoms with Crippen LogP contribution in [-0.4, -0.2) is 42.8 Å². The van der Waals surface area contributed by atoms with E-state index < -0.39 is 21.4 Å².